The fourth-order valence-corrected chi connectivity index (χ4v) is 3.38. The minimum absolute atomic E-state index is 0.175. The van der Waals surface area contributed by atoms with Crippen LogP contribution in [0.1, 0.15) is 30.3 Å². The van der Waals surface area contributed by atoms with Crippen LogP contribution in [-0.2, 0) is 6.54 Å². The van der Waals surface area contributed by atoms with Crippen molar-refractivity contribution in [3.63, 3.8) is 0 Å². The molecule has 1 saturated heterocycles. The smallest absolute Gasteiger partial charge is 0.244 e. The Bertz CT molecular complexity index is 844. The zero-order chi connectivity index (χ0) is 17.9. The summed E-state index contributed by atoms with van der Waals surface area (Å²) < 4.78 is 5.60. The van der Waals surface area contributed by atoms with Crippen LogP contribution in [0, 0.1) is 0 Å². The third-order valence-corrected chi connectivity index (χ3v) is 4.78. The molecule has 0 spiro atoms. The van der Waals surface area contributed by atoms with Crippen molar-refractivity contribution in [2.75, 3.05) is 25.5 Å². The van der Waals surface area contributed by atoms with Crippen LogP contribution in [0.3, 0.4) is 0 Å². The zero-order valence-electron chi connectivity index (χ0n) is 15.2. The van der Waals surface area contributed by atoms with Crippen LogP contribution in [0.2, 0.25) is 0 Å². The average molecular weight is 349 g/mol. The van der Waals surface area contributed by atoms with Gasteiger partial charge in [-0.25, -0.2) is 4.98 Å². The van der Waals surface area contributed by atoms with Gasteiger partial charge in [-0.2, -0.15) is 4.98 Å². The van der Waals surface area contributed by atoms with Gasteiger partial charge in [0.2, 0.25) is 11.7 Å². The normalized spacial score (nSPS) is 17.5. The molecule has 1 aromatic carbocycles. The van der Waals surface area contributed by atoms with E-state index in [1.54, 1.807) is 0 Å². The van der Waals surface area contributed by atoms with Crippen molar-refractivity contribution in [3.05, 3.63) is 60.1 Å². The second kappa shape index (κ2) is 7.25. The van der Waals surface area contributed by atoms with Crippen LogP contribution >= 0.6 is 0 Å². The van der Waals surface area contributed by atoms with E-state index in [-0.39, 0.29) is 6.04 Å². The number of hydrogen-bond donors (Lipinski definition) is 0. The summed E-state index contributed by atoms with van der Waals surface area (Å²) >= 11 is 0. The molecule has 26 heavy (non-hydrogen) atoms. The van der Waals surface area contributed by atoms with Gasteiger partial charge >= 0.3 is 0 Å². The highest BCUT2D eigenvalue weighted by molar-refractivity contribution is 5.53. The van der Waals surface area contributed by atoms with Crippen molar-refractivity contribution in [2.45, 2.75) is 25.4 Å². The first kappa shape index (κ1) is 16.7. The maximum Gasteiger partial charge on any atom is 0.244 e. The largest absolute Gasteiger partial charge is 0.363 e. The molecule has 0 bridgehead atoms. The molecule has 6 nitrogen and oxygen atoms in total. The van der Waals surface area contributed by atoms with E-state index in [0.29, 0.717) is 11.7 Å². The molecular weight excluding hydrogens is 326 g/mol. The second-order valence-corrected chi connectivity index (χ2v) is 6.87. The number of nitrogens with zero attached hydrogens (tertiary/aromatic N) is 5. The summed E-state index contributed by atoms with van der Waals surface area (Å²) in [5.41, 5.74) is 2.18. The number of anilines is 1. The fourth-order valence-electron chi connectivity index (χ4n) is 3.38. The minimum Gasteiger partial charge on any atom is -0.363 e. The summed E-state index contributed by atoms with van der Waals surface area (Å²) in [5, 5.41) is 4.17. The molecule has 1 aliphatic heterocycles. The van der Waals surface area contributed by atoms with Crippen LogP contribution < -0.4 is 4.90 Å². The zero-order valence-corrected chi connectivity index (χ0v) is 15.2. The highest BCUT2D eigenvalue weighted by Gasteiger charge is 2.30. The summed E-state index contributed by atoms with van der Waals surface area (Å²) in [6.45, 7) is 1.87. The van der Waals surface area contributed by atoms with Crippen LogP contribution in [0.15, 0.2) is 53.2 Å². The van der Waals surface area contributed by atoms with Gasteiger partial charge < -0.3 is 9.42 Å². The molecule has 1 fully saturated rings. The monoisotopic (exact) mass is 349 g/mol. The highest BCUT2D eigenvalue weighted by atomic mass is 16.5. The minimum atomic E-state index is 0.175. The predicted molar refractivity (Wildman–Crippen MR) is 101 cm³/mol. The lowest BCUT2D eigenvalue weighted by molar-refractivity contribution is 0.201. The first-order valence-electron chi connectivity index (χ1n) is 8.96. The lowest BCUT2D eigenvalue weighted by atomic mass is 10.2. The van der Waals surface area contributed by atoms with Crippen molar-refractivity contribution in [3.8, 4) is 11.4 Å². The van der Waals surface area contributed by atoms with E-state index in [2.05, 4.69) is 32.2 Å². The van der Waals surface area contributed by atoms with Gasteiger partial charge in [0.05, 0.1) is 6.04 Å². The summed E-state index contributed by atoms with van der Waals surface area (Å²) in [4.78, 5) is 13.6. The molecule has 0 aliphatic carbocycles. The third-order valence-electron chi connectivity index (χ3n) is 4.78. The molecule has 3 aromatic rings. The molecule has 2 aromatic heterocycles. The first-order valence-corrected chi connectivity index (χ1v) is 8.96. The molecule has 0 N–H and O–H groups in total. The van der Waals surface area contributed by atoms with Crippen LogP contribution in [-0.4, -0.2) is 40.7 Å². The maximum absolute atomic E-state index is 5.60. The van der Waals surface area contributed by atoms with Crippen molar-refractivity contribution in [1.82, 2.24) is 20.0 Å². The fraction of sp³-hybridized carbons (Fsp3) is 0.350. The number of likely N-dealkylation sites (tertiary alicyclic amines) is 1. The van der Waals surface area contributed by atoms with Gasteiger partial charge in [0.1, 0.15) is 5.82 Å². The van der Waals surface area contributed by atoms with E-state index >= 15 is 0 Å². The van der Waals surface area contributed by atoms with Gasteiger partial charge in [-0.15, -0.1) is 0 Å². The maximum atomic E-state index is 5.60. The van der Waals surface area contributed by atoms with Crippen LogP contribution in [0.25, 0.3) is 11.4 Å². The Hall–Kier alpha value is -2.73. The molecule has 0 saturated carbocycles. The molecule has 4 rings (SSSR count). The number of pyridine rings is 1. The van der Waals surface area contributed by atoms with Crippen molar-refractivity contribution in [1.29, 1.82) is 0 Å². The van der Waals surface area contributed by atoms with Gasteiger partial charge in [0.25, 0.3) is 0 Å². The summed E-state index contributed by atoms with van der Waals surface area (Å²) in [6, 6.07) is 14.3. The molecule has 0 amide bonds. The summed E-state index contributed by atoms with van der Waals surface area (Å²) in [6.07, 6.45) is 4.13. The first-order chi connectivity index (χ1) is 12.7. The second-order valence-electron chi connectivity index (χ2n) is 6.87. The van der Waals surface area contributed by atoms with E-state index < -0.39 is 0 Å². The van der Waals surface area contributed by atoms with E-state index in [9.17, 15) is 0 Å². The molecule has 1 aliphatic rings. The SMILES string of the molecule is CN(C)c1ccc(CN2CCCC2c2nc(-c3ccccc3)no2)cn1. The number of benzene rings is 1. The van der Waals surface area contributed by atoms with Crippen LogP contribution in [0.5, 0.6) is 0 Å². The Kier molecular flexibility index (Phi) is 4.67. The van der Waals surface area contributed by atoms with Gasteiger partial charge in [0, 0.05) is 32.4 Å². The Labute approximate surface area is 153 Å². The number of aromatic nitrogens is 3. The van der Waals surface area contributed by atoms with Gasteiger partial charge in [0.15, 0.2) is 0 Å². The summed E-state index contributed by atoms with van der Waals surface area (Å²) in [7, 11) is 4.00. The Morgan fingerprint density at radius 3 is 2.73 bits per heavy atom. The van der Waals surface area contributed by atoms with E-state index in [1.165, 1.54) is 5.56 Å². The van der Waals surface area contributed by atoms with Gasteiger partial charge in [-0.1, -0.05) is 41.6 Å². The standard InChI is InChI=1S/C20H23N5O/c1-24(2)18-11-10-15(13-21-18)14-25-12-6-9-17(25)20-22-19(23-26-20)16-7-4-3-5-8-16/h3-5,7-8,10-11,13,17H,6,9,12,14H2,1-2H3. The third kappa shape index (κ3) is 3.46. The molecule has 134 valence electrons. The Morgan fingerprint density at radius 1 is 1.15 bits per heavy atom. The molecule has 1 atom stereocenters. The van der Waals surface area contributed by atoms with Gasteiger partial charge in [-0.05, 0) is 31.0 Å². The van der Waals surface area contributed by atoms with Gasteiger partial charge in [-0.3, -0.25) is 4.90 Å². The van der Waals surface area contributed by atoms with Crippen molar-refractivity contribution >= 4 is 5.82 Å². The number of hydrogen-bond acceptors (Lipinski definition) is 6. The summed E-state index contributed by atoms with van der Waals surface area (Å²) in [5.74, 6) is 2.33. The average Bonchev–Trinajstić information content (AvgIpc) is 3.32. The van der Waals surface area contributed by atoms with E-state index in [1.807, 2.05) is 55.5 Å². The molecule has 3 heterocycles. The van der Waals surface area contributed by atoms with Crippen molar-refractivity contribution < 1.29 is 4.52 Å². The van der Waals surface area contributed by atoms with E-state index in [0.717, 1.165) is 37.3 Å². The quantitative estimate of drug-likeness (QED) is 0.702. The molecule has 6 heteroatoms. The predicted octanol–water partition coefficient (Wildman–Crippen LogP) is 3.53. The highest BCUT2D eigenvalue weighted by Crippen LogP contribution is 2.33. The van der Waals surface area contributed by atoms with Crippen molar-refractivity contribution in [2.24, 2.45) is 0 Å². The number of rotatable bonds is 5. The Balaban J connectivity index is 1.49. The topological polar surface area (TPSA) is 58.3 Å². The lowest BCUT2D eigenvalue weighted by Crippen LogP contribution is -2.23. The molecular formula is C20H23N5O. The van der Waals surface area contributed by atoms with E-state index in [4.69, 9.17) is 4.52 Å². The lowest BCUT2D eigenvalue weighted by Gasteiger charge is -2.21. The van der Waals surface area contributed by atoms with Crippen LogP contribution in [0.4, 0.5) is 5.82 Å². The molecule has 0 radical (unpaired) electrons. The Morgan fingerprint density at radius 2 is 2.00 bits per heavy atom. The molecule has 1 unspecified atom stereocenters.